The van der Waals surface area contributed by atoms with E-state index >= 15 is 0 Å². The number of alkyl halides is 3. The van der Waals surface area contributed by atoms with E-state index in [0.29, 0.717) is 10.9 Å². The van der Waals surface area contributed by atoms with Gasteiger partial charge in [-0.2, -0.15) is 13.2 Å². The van der Waals surface area contributed by atoms with Gasteiger partial charge in [-0.3, -0.25) is 4.79 Å². The van der Waals surface area contributed by atoms with E-state index < -0.39 is 17.6 Å². The minimum Gasteiger partial charge on any atom is -0.339 e. The summed E-state index contributed by atoms with van der Waals surface area (Å²) in [5.41, 5.74) is -1.24. The van der Waals surface area contributed by atoms with Crippen LogP contribution in [0.25, 0.3) is 0 Å². The van der Waals surface area contributed by atoms with Gasteiger partial charge in [-0.1, -0.05) is 22.9 Å². The summed E-state index contributed by atoms with van der Waals surface area (Å²) < 4.78 is 39.1. The predicted molar refractivity (Wildman–Crippen MR) is 71.0 cm³/mol. The lowest BCUT2D eigenvalue weighted by Gasteiger charge is -2.25. The third-order valence-electron chi connectivity index (χ3n) is 3.09. The van der Waals surface area contributed by atoms with Crippen molar-refractivity contribution in [3.63, 3.8) is 0 Å². The van der Waals surface area contributed by atoms with E-state index in [9.17, 15) is 18.0 Å². The summed E-state index contributed by atoms with van der Waals surface area (Å²) in [4.78, 5) is 13.5. The van der Waals surface area contributed by atoms with Crippen LogP contribution in [-0.2, 0) is 6.18 Å². The van der Waals surface area contributed by atoms with Gasteiger partial charge >= 0.3 is 6.18 Å². The van der Waals surface area contributed by atoms with Gasteiger partial charge in [0.2, 0.25) is 0 Å². The van der Waals surface area contributed by atoms with Crippen LogP contribution in [0.3, 0.4) is 0 Å². The molecule has 2 nitrogen and oxygen atoms in total. The Morgan fingerprint density at radius 2 is 2.00 bits per heavy atom. The predicted octanol–water partition coefficient (Wildman–Crippen LogP) is 4.34. The Morgan fingerprint density at radius 1 is 1.42 bits per heavy atom. The Kier molecular flexibility index (Phi) is 5.01. The highest BCUT2D eigenvalue weighted by atomic mass is 79.9. The zero-order chi connectivity index (χ0) is 14.8. The normalized spacial score (nSPS) is 13.2. The van der Waals surface area contributed by atoms with Crippen molar-refractivity contribution in [3.05, 3.63) is 33.8 Å². The fourth-order valence-corrected chi connectivity index (χ4v) is 1.96. The Morgan fingerprint density at radius 3 is 2.47 bits per heavy atom. The fraction of sp³-hybridized carbons (Fsp3) is 0.462. The van der Waals surface area contributed by atoms with Crippen molar-refractivity contribution >= 4 is 21.8 Å². The van der Waals surface area contributed by atoms with Crippen LogP contribution in [0, 0.1) is 0 Å². The maximum atomic E-state index is 12.9. The van der Waals surface area contributed by atoms with Crippen LogP contribution >= 0.6 is 15.9 Å². The van der Waals surface area contributed by atoms with Crippen LogP contribution in [0.1, 0.15) is 36.2 Å². The maximum Gasteiger partial charge on any atom is 0.417 e. The van der Waals surface area contributed by atoms with Gasteiger partial charge in [0.05, 0.1) is 11.1 Å². The molecule has 0 bridgehead atoms. The topological polar surface area (TPSA) is 20.3 Å². The second kappa shape index (κ2) is 5.94. The molecule has 0 aliphatic rings. The molecule has 0 aliphatic heterocycles. The minimum atomic E-state index is -4.55. The molecule has 1 atom stereocenters. The number of benzene rings is 1. The summed E-state index contributed by atoms with van der Waals surface area (Å²) >= 11 is 2.99. The molecule has 0 heterocycles. The van der Waals surface area contributed by atoms with Gasteiger partial charge < -0.3 is 4.90 Å². The van der Waals surface area contributed by atoms with Gasteiger partial charge in [-0.05, 0) is 31.5 Å². The monoisotopic (exact) mass is 337 g/mol. The van der Waals surface area contributed by atoms with Crippen molar-refractivity contribution in [3.8, 4) is 0 Å². The number of halogens is 4. The average molecular weight is 338 g/mol. The van der Waals surface area contributed by atoms with Crippen molar-refractivity contribution in [2.45, 2.75) is 32.5 Å². The molecule has 6 heteroatoms. The molecule has 1 rings (SSSR count). The van der Waals surface area contributed by atoms with Crippen molar-refractivity contribution in [1.82, 2.24) is 4.90 Å². The van der Waals surface area contributed by atoms with Gasteiger partial charge in [-0.15, -0.1) is 0 Å². The molecule has 1 aromatic carbocycles. The lowest BCUT2D eigenvalue weighted by molar-refractivity contribution is -0.138. The number of hydrogen-bond donors (Lipinski definition) is 0. The first kappa shape index (κ1) is 16.0. The minimum absolute atomic E-state index is 0.114. The summed E-state index contributed by atoms with van der Waals surface area (Å²) in [7, 11) is 1.51. The molecule has 0 aliphatic carbocycles. The van der Waals surface area contributed by atoms with E-state index in [1.54, 1.807) is 6.92 Å². The van der Waals surface area contributed by atoms with E-state index in [2.05, 4.69) is 15.9 Å². The zero-order valence-corrected chi connectivity index (χ0v) is 12.5. The SMILES string of the molecule is CCC(C)N(C)C(=O)c1ccc(Br)cc1C(F)(F)F. The Hall–Kier alpha value is -1.04. The molecule has 1 amide bonds. The quantitative estimate of drug-likeness (QED) is 0.803. The third kappa shape index (κ3) is 3.72. The molecule has 1 aromatic rings. The molecule has 106 valence electrons. The largest absolute Gasteiger partial charge is 0.417 e. The highest BCUT2D eigenvalue weighted by Crippen LogP contribution is 2.34. The van der Waals surface area contributed by atoms with E-state index in [0.717, 1.165) is 6.07 Å². The molecular formula is C13H15BrF3NO. The lowest BCUT2D eigenvalue weighted by atomic mass is 10.0. The van der Waals surface area contributed by atoms with Gasteiger partial charge in [0.1, 0.15) is 0 Å². The van der Waals surface area contributed by atoms with Gasteiger partial charge in [0, 0.05) is 17.6 Å². The molecule has 0 spiro atoms. The van der Waals surface area contributed by atoms with Crippen molar-refractivity contribution in [2.24, 2.45) is 0 Å². The number of amides is 1. The first-order valence-corrected chi connectivity index (χ1v) is 6.61. The van der Waals surface area contributed by atoms with E-state index in [4.69, 9.17) is 0 Å². The number of nitrogens with zero attached hydrogens (tertiary/aromatic N) is 1. The van der Waals surface area contributed by atoms with E-state index in [-0.39, 0.29) is 11.6 Å². The first-order valence-electron chi connectivity index (χ1n) is 5.82. The molecule has 0 fully saturated rings. The van der Waals surface area contributed by atoms with Crippen LogP contribution in [0.5, 0.6) is 0 Å². The summed E-state index contributed by atoms with van der Waals surface area (Å²) in [6, 6.07) is 3.45. The van der Waals surface area contributed by atoms with Crippen LogP contribution in [-0.4, -0.2) is 23.9 Å². The molecule has 0 aromatic heterocycles. The number of carbonyl (C=O) groups is 1. The smallest absolute Gasteiger partial charge is 0.339 e. The maximum absolute atomic E-state index is 12.9. The lowest BCUT2D eigenvalue weighted by Crippen LogP contribution is -2.35. The van der Waals surface area contributed by atoms with Gasteiger partial charge in [-0.25, -0.2) is 0 Å². The number of rotatable bonds is 3. The van der Waals surface area contributed by atoms with Crippen molar-refractivity contribution < 1.29 is 18.0 Å². The Bertz CT molecular complexity index is 473. The summed E-state index contributed by atoms with van der Waals surface area (Å²) in [5, 5.41) is 0. The van der Waals surface area contributed by atoms with Crippen LogP contribution in [0.15, 0.2) is 22.7 Å². The second-order valence-electron chi connectivity index (χ2n) is 4.36. The molecule has 0 N–H and O–H groups in total. The fourth-order valence-electron chi connectivity index (χ4n) is 1.60. The van der Waals surface area contributed by atoms with Crippen LogP contribution < -0.4 is 0 Å². The summed E-state index contributed by atoms with van der Waals surface area (Å²) in [6.45, 7) is 3.67. The Balaban J connectivity index is 3.24. The highest BCUT2D eigenvalue weighted by Gasteiger charge is 2.36. The molecule has 0 saturated carbocycles. The van der Waals surface area contributed by atoms with Crippen LogP contribution in [0.4, 0.5) is 13.2 Å². The molecule has 0 saturated heterocycles. The molecule has 1 unspecified atom stereocenters. The van der Waals surface area contributed by atoms with E-state index in [1.807, 2.05) is 6.92 Å². The van der Waals surface area contributed by atoms with Gasteiger partial charge in [0.25, 0.3) is 5.91 Å². The van der Waals surface area contributed by atoms with Crippen molar-refractivity contribution in [1.29, 1.82) is 0 Å². The standard InChI is InChI=1S/C13H15BrF3NO/c1-4-8(2)18(3)12(19)10-6-5-9(14)7-11(10)13(15,16)17/h5-8H,4H2,1-3H3. The van der Waals surface area contributed by atoms with E-state index in [1.165, 1.54) is 24.1 Å². The van der Waals surface area contributed by atoms with Crippen molar-refractivity contribution in [2.75, 3.05) is 7.05 Å². The van der Waals surface area contributed by atoms with Crippen LogP contribution in [0.2, 0.25) is 0 Å². The molecule has 0 radical (unpaired) electrons. The summed E-state index contributed by atoms with van der Waals surface area (Å²) in [5.74, 6) is -0.617. The van der Waals surface area contributed by atoms with Gasteiger partial charge in [0.15, 0.2) is 0 Å². The summed E-state index contributed by atoms with van der Waals surface area (Å²) in [6.07, 6.45) is -3.87. The number of hydrogen-bond acceptors (Lipinski definition) is 1. The number of carbonyl (C=O) groups excluding carboxylic acids is 1. The first-order chi connectivity index (χ1) is 8.68. The molecular weight excluding hydrogens is 323 g/mol. The second-order valence-corrected chi connectivity index (χ2v) is 5.28. The average Bonchev–Trinajstić information content (AvgIpc) is 2.35. The Labute approximate surface area is 118 Å². The molecule has 19 heavy (non-hydrogen) atoms. The zero-order valence-electron chi connectivity index (χ0n) is 10.9. The highest BCUT2D eigenvalue weighted by molar-refractivity contribution is 9.10. The third-order valence-corrected chi connectivity index (χ3v) is 3.58.